The Bertz CT molecular complexity index is 2650. The third-order valence-electron chi connectivity index (χ3n) is 9.07. The minimum absolute atomic E-state index is 0.855. The van der Waals surface area contributed by atoms with Crippen molar-refractivity contribution in [1.82, 2.24) is 0 Å². The lowest BCUT2D eigenvalue weighted by molar-refractivity contribution is 0.669. The van der Waals surface area contributed by atoms with Crippen molar-refractivity contribution in [3.05, 3.63) is 152 Å². The summed E-state index contributed by atoms with van der Waals surface area (Å²) >= 11 is 1.83. The highest BCUT2D eigenvalue weighted by Gasteiger charge is 2.22. The summed E-state index contributed by atoms with van der Waals surface area (Å²) in [6.45, 7) is 0. The molecule has 216 valence electrons. The lowest BCUT2D eigenvalue weighted by atomic mass is 10.0. The number of hydrogen-bond acceptors (Lipinski definition) is 4. The lowest BCUT2D eigenvalue weighted by Crippen LogP contribution is -2.10. The first-order valence-electron chi connectivity index (χ1n) is 15.4. The van der Waals surface area contributed by atoms with Crippen molar-refractivity contribution >= 4 is 92.4 Å². The summed E-state index contributed by atoms with van der Waals surface area (Å²) in [5.74, 6) is 0. The van der Waals surface area contributed by atoms with Crippen molar-refractivity contribution in [2.45, 2.75) is 0 Å². The number of rotatable bonds is 4. The van der Waals surface area contributed by atoms with Gasteiger partial charge < -0.3 is 13.7 Å². The molecule has 0 aliphatic rings. The maximum Gasteiger partial charge on any atom is 0.159 e. The van der Waals surface area contributed by atoms with Gasteiger partial charge in [-0.1, -0.05) is 97.1 Å². The topological polar surface area (TPSA) is 29.5 Å². The molecule has 0 fully saturated rings. The van der Waals surface area contributed by atoms with E-state index >= 15 is 0 Å². The van der Waals surface area contributed by atoms with E-state index in [0.29, 0.717) is 0 Å². The Morgan fingerprint density at radius 2 is 1.07 bits per heavy atom. The van der Waals surface area contributed by atoms with Crippen molar-refractivity contribution in [2.24, 2.45) is 0 Å². The quantitative estimate of drug-likeness (QED) is 0.199. The Hall–Kier alpha value is -5.84. The minimum Gasteiger partial charge on any atom is -0.456 e. The van der Waals surface area contributed by atoms with E-state index in [4.69, 9.17) is 8.83 Å². The minimum atomic E-state index is 0.855. The highest BCUT2D eigenvalue weighted by atomic mass is 32.1. The summed E-state index contributed by atoms with van der Waals surface area (Å²) in [5.41, 5.74) is 8.83. The highest BCUT2D eigenvalue weighted by molar-refractivity contribution is 7.25. The first kappa shape index (κ1) is 25.5. The van der Waals surface area contributed by atoms with E-state index in [9.17, 15) is 0 Å². The van der Waals surface area contributed by atoms with Gasteiger partial charge in [-0.15, -0.1) is 11.3 Å². The van der Waals surface area contributed by atoms with Crippen LogP contribution >= 0.6 is 11.3 Å². The molecule has 10 rings (SSSR count). The molecular formula is C42H25NO2S. The average molecular weight is 608 g/mol. The molecule has 0 N–H and O–H groups in total. The number of nitrogens with zero attached hydrogens (tertiary/aromatic N) is 1. The molecular weight excluding hydrogens is 583 g/mol. The Morgan fingerprint density at radius 3 is 1.96 bits per heavy atom. The van der Waals surface area contributed by atoms with E-state index in [-0.39, 0.29) is 0 Å². The Morgan fingerprint density at radius 1 is 0.413 bits per heavy atom. The van der Waals surface area contributed by atoms with Gasteiger partial charge in [0.1, 0.15) is 16.7 Å². The van der Waals surface area contributed by atoms with Crippen molar-refractivity contribution in [3.8, 4) is 11.1 Å². The molecule has 0 radical (unpaired) electrons. The van der Waals surface area contributed by atoms with Gasteiger partial charge in [0.2, 0.25) is 0 Å². The molecule has 4 heteroatoms. The second-order valence-electron chi connectivity index (χ2n) is 11.7. The maximum absolute atomic E-state index is 6.92. The Balaban J connectivity index is 1.27. The van der Waals surface area contributed by atoms with Crippen LogP contribution in [0.15, 0.2) is 160 Å². The molecule has 0 aliphatic carbocycles. The van der Waals surface area contributed by atoms with Crippen LogP contribution in [0.4, 0.5) is 17.1 Å². The Labute approximate surface area is 268 Å². The standard InChI is InChI=1S/C42H25NO2S/c1-2-10-26(11-3-1)29-14-8-15-32-33-16-9-17-36(42(33)45-41(29)32)43(27-20-22-38-34(24-27)30-12-4-6-18-37(30)44-38)28-21-23-40-35(25-28)31-13-5-7-19-39(31)46-40/h1-25H. The van der Waals surface area contributed by atoms with Crippen LogP contribution in [0.2, 0.25) is 0 Å². The number of thiophene rings is 1. The SMILES string of the molecule is c1ccc(-c2cccc3c2oc2c(N(c4ccc5oc6ccccc6c5c4)c4ccc5sc6ccccc6c5c4)cccc23)cc1. The summed E-state index contributed by atoms with van der Waals surface area (Å²) < 4.78 is 15.7. The van der Waals surface area contributed by atoms with Crippen LogP contribution in [0.25, 0.3) is 75.2 Å². The fourth-order valence-corrected chi connectivity index (χ4v) is 8.05. The van der Waals surface area contributed by atoms with Crippen LogP contribution in [0, 0.1) is 0 Å². The van der Waals surface area contributed by atoms with Gasteiger partial charge in [0.15, 0.2) is 5.58 Å². The molecule has 0 spiro atoms. The third-order valence-corrected chi connectivity index (χ3v) is 10.2. The zero-order valence-corrected chi connectivity index (χ0v) is 25.4. The number of anilines is 3. The van der Waals surface area contributed by atoms with Gasteiger partial charge in [-0.2, -0.15) is 0 Å². The summed E-state index contributed by atoms with van der Waals surface area (Å²) in [5, 5.41) is 6.91. The van der Waals surface area contributed by atoms with Crippen LogP contribution in [0.1, 0.15) is 0 Å². The predicted octanol–water partition coefficient (Wildman–Crippen LogP) is 13.0. The van der Waals surface area contributed by atoms with Gasteiger partial charge in [-0.25, -0.2) is 0 Å². The fraction of sp³-hybridized carbons (Fsp3) is 0. The molecule has 7 aromatic carbocycles. The molecule has 10 aromatic rings. The van der Waals surface area contributed by atoms with Crippen LogP contribution in [0.5, 0.6) is 0 Å². The number of furan rings is 2. The predicted molar refractivity (Wildman–Crippen MR) is 194 cm³/mol. The average Bonchev–Trinajstić information content (AvgIpc) is 3.80. The van der Waals surface area contributed by atoms with Gasteiger partial charge in [-0.05, 0) is 60.2 Å². The molecule has 46 heavy (non-hydrogen) atoms. The molecule has 0 unspecified atom stereocenters. The van der Waals surface area contributed by atoms with Crippen LogP contribution in [-0.2, 0) is 0 Å². The zero-order chi connectivity index (χ0) is 30.2. The first-order valence-corrected chi connectivity index (χ1v) is 16.2. The molecule has 3 aromatic heterocycles. The third kappa shape index (κ3) is 3.77. The Kier molecular flexibility index (Phi) is 5.45. The molecule has 0 bridgehead atoms. The summed E-state index contributed by atoms with van der Waals surface area (Å²) in [7, 11) is 0. The van der Waals surface area contributed by atoms with E-state index in [1.54, 1.807) is 0 Å². The van der Waals surface area contributed by atoms with Crippen LogP contribution < -0.4 is 4.90 Å². The number of hydrogen-bond donors (Lipinski definition) is 0. The number of fused-ring (bicyclic) bond motifs is 9. The second-order valence-corrected chi connectivity index (χ2v) is 12.8. The molecule has 3 heterocycles. The number of para-hydroxylation sites is 3. The lowest BCUT2D eigenvalue weighted by Gasteiger charge is -2.25. The molecule has 0 aliphatic heterocycles. The van der Waals surface area contributed by atoms with Gasteiger partial charge in [0.05, 0.1) is 5.69 Å². The smallest absolute Gasteiger partial charge is 0.159 e. The van der Waals surface area contributed by atoms with Gasteiger partial charge in [0, 0.05) is 58.7 Å². The van der Waals surface area contributed by atoms with E-state index in [1.807, 2.05) is 29.5 Å². The molecule has 3 nitrogen and oxygen atoms in total. The highest BCUT2D eigenvalue weighted by Crippen LogP contribution is 2.46. The van der Waals surface area contributed by atoms with Gasteiger partial charge in [-0.3, -0.25) is 0 Å². The van der Waals surface area contributed by atoms with E-state index < -0.39 is 0 Å². The van der Waals surface area contributed by atoms with Crippen molar-refractivity contribution in [1.29, 1.82) is 0 Å². The summed E-state index contributed by atoms with van der Waals surface area (Å²) in [6.07, 6.45) is 0. The monoisotopic (exact) mass is 607 g/mol. The van der Waals surface area contributed by atoms with Crippen LogP contribution in [0.3, 0.4) is 0 Å². The molecule has 0 amide bonds. The maximum atomic E-state index is 6.92. The van der Waals surface area contributed by atoms with Crippen molar-refractivity contribution in [3.63, 3.8) is 0 Å². The van der Waals surface area contributed by atoms with Gasteiger partial charge >= 0.3 is 0 Å². The van der Waals surface area contributed by atoms with E-state index in [2.05, 4.69) is 138 Å². The fourth-order valence-electron chi connectivity index (χ4n) is 6.96. The van der Waals surface area contributed by atoms with Crippen LogP contribution in [-0.4, -0.2) is 0 Å². The number of benzene rings is 7. The first-order chi connectivity index (χ1) is 22.8. The normalized spacial score (nSPS) is 11.9. The molecule has 0 saturated carbocycles. The largest absolute Gasteiger partial charge is 0.456 e. The van der Waals surface area contributed by atoms with E-state index in [1.165, 1.54) is 20.2 Å². The van der Waals surface area contributed by atoms with Gasteiger partial charge in [0.25, 0.3) is 0 Å². The summed E-state index contributed by atoms with van der Waals surface area (Å²) in [6, 6.07) is 53.6. The summed E-state index contributed by atoms with van der Waals surface area (Å²) in [4.78, 5) is 2.33. The van der Waals surface area contributed by atoms with E-state index in [0.717, 1.165) is 72.1 Å². The molecule has 0 atom stereocenters. The zero-order valence-electron chi connectivity index (χ0n) is 24.6. The second kappa shape index (κ2) is 9.83. The van der Waals surface area contributed by atoms with Crippen molar-refractivity contribution < 1.29 is 8.83 Å². The molecule has 0 saturated heterocycles. The van der Waals surface area contributed by atoms with Crippen molar-refractivity contribution in [2.75, 3.05) is 4.90 Å².